The third kappa shape index (κ3) is 2.76. The van der Waals surface area contributed by atoms with Crippen LogP contribution >= 0.6 is 0 Å². The molecule has 82 valence electrons. The first-order valence-electron chi connectivity index (χ1n) is 5.17. The number of carbonyl (C=O) groups excluding carboxylic acids is 1. The van der Waals surface area contributed by atoms with E-state index in [0.717, 1.165) is 32.6 Å². The molecule has 6 nitrogen and oxygen atoms in total. The lowest BCUT2D eigenvalue weighted by Gasteiger charge is -2.19. The first kappa shape index (κ1) is 10.1. The maximum absolute atomic E-state index is 11.8. The van der Waals surface area contributed by atoms with Crippen molar-refractivity contribution in [2.45, 2.75) is 13.0 Å². The predicted molar refractivity (Wildman–Crippen MR) is 54.1 cm³/mol. The van der Waals surface area contributed by atoms with Gasteiger partial charge in [0.2, 0.25) is 5.91 Å². The van der Waals surface area contributed by atoms with E-state index in [-0.39, 0.29) is 5.91 Å². The summed E-state index contributed by atoms with van der Waals surface area (Å²) >= 11 is 0. The van der Waals surface area contributed by atoms with Gasteiger partial charge in [-0.25, -0.2) is 9.67 Å². The zero-order valence-electron chi connectivity index (χ0n) is 8.59. The van der Waals surface area contributed by atoms with Gasteiger partial charge in [-0.3, -0.25) is 4.79 Å². The number of amides is 1. The molecule has 1 aromatic rings. The molecule has 6 heteroatoms. The maximum atomic E-state index is 11.8. The monoisotopic (exact) mass is 209 g/mol. The van der Waals surface area contributed by atoms with Gasteiger partial charge in [0.25, 0.3) is 0 Å². The van der Waals surface area contributed by atoms with E-state index in [1.54, 1.807) is 11.0 Å². The summed E-state index contributed by atoms with van der Waals surface area (Å²) < 4.78 is 1.56. The van der Waals surface area contributed by atoms with Gasteiger partial charge in [-0.05, 0) is 13.0 Å². The smallest absolute Gasteiger partial charge is 0.244 e. The molecule has 0 spiro atoms. The van der Waals surface area contributed by atoms with E-state index in [9.17, 15) is 4.79 Å². The Hall–Kier alpha value is -1.43. The minimum absolute atomic E-state index is 0.115. The Morgan fingerprint density at radius 2 is 2.33 bits per heavy atom. The van der Waals surface area contributed by atoms with Gasteiger partial charge < -0.3 is 10.2 Å². The minimum atomic E-state index is 0.115. The average molecular weight is 209 g/mol. The highest BCUT2D eigenvalue weighted by molar-refractivity contribution is 5.75. The quantitative estimate of drug-likeness (QED) is 0.685. The van der Waals surface area contributed by atoms with E-state index >= 15 is 0 Å². The lowest BCUT2D eigenvalue weighted by Crippen LogP contribution is -2.36. The zero-order chi connectivity index (χ0) is 10.5. The highest BCUT2D eigenvalue weighted by Crippen LogP contribution is 1.97. The largest absolute Gasteiger partial charge is 0.340 e. The number of rotatable bonds is 2. The van der Waals surface area contributed by atoms with E-state index < -0.39 is 0 Å². The van der Waals surface area contributed by atoms with Crippen LogP contribution in [0.1, 0.15) is 6.42 Å². The van der Waals surface area contributed by atoms with Crippen LogP contribution in [0.3, 0.4) is 0 Å². The molecule has 0 saturated carbocycles. The van der Waals surface area contributed by atoms with E-state index in [1.807, 2.05) is 4.90 Å². The van der Waals surface area contributed by atoms with Crippen molar-refractivity contribution < 1.29 is 4.79 Å². The van der Waals surface area contributed by atoms with Gasteiger partial charge in [0, 0.05) is 19.6 Å². The molecule has 1 aromatic heterocycles. The molecule has 15 heavy (non-hydrogen) atoms. The molecule has 1 amide bonds. The molecule has 1 saturated heterocycles. The molecule has 2 heterocycles. The van der Waals surface area contributed by atoms with Crippen LogP contribution in [0.4, 0.5) is 0 Å². The van der Waals surface area contributed by atoms with Crippen LogP contribution in [0.5, 0.6) is 0 Å². The summed E-state index contributed by atoms with van der Waals surface area (Å²) in [7, 11) is 0. The van der Waals surface area contributed by atoms with Crippen molar-refractivity contribution >= 4 is 5.91 Å². The number of hydrogen-bond donors (Lipinski definition) is 1. The number of carbonyl (C=O) groups is 1. The van der Waals surface area contributed by atoms with Gasteiger partial charge in [0.15, 0.2) is 0 Å². The van der Waals surface area contributed by atoms with Gasteiger partial charge in [-0.2, -0.15) is 5.10 Å². The summed E-state index contributed by atoms with van der Waals surface area (Å²) in [6.07, 6.45) is 4.02. The van der Waals surface area contributed by atoms with Gasteiger partial charge in [-0.15, -0.1) is 0 Å². The van der Waals surface area contributed by atoms with E-state index in [2.05, 4.69) is 15.4 Å². The average Bonchev–Trinajstić information content (AvgIpc) is 2.58. The maximum Gasteiger partial charge on any atom is 0.244 e. The molecule has 0 unspecified atom stereocenters. The Kier molecular flexibility index (Phi) is 3.29. The van der Waals surface area contributed by atoms with Crippen molar-refractivity contribution in [2.24, 2.45) is 0 Å². The highest BCUT2D eigenvalue weighted by Gasteiger charge is 2.15. The van der Waals surface area contributed by atoms with E-state index in [1.165, 1.54) is 6.33 Å². The molecular weight excluding hydrogens is 194 g/mol. The molecular formula is C9H15N5O. The predicted octanol–water partition coefficient (Wildman–Crippen LogP) is -0.900. The normalized spacial score (nSPS) is 17.5. The summed E-state index contributed by atoms with van der Waals surface area (Å²) in [6, 6.07) is 0. The Bertz CT molecular complexity index is 302. The van der Waals surface area contributed by atoms with Crippen LogP contribution in [0, 0.1) is 0 Å². The van der Waals surface area contributed by atoms with Crippen molar-refractivity contribution in [2.75, 3.05) is 26.2 Å². The number of hydrogen-bond acceptors (Lipinski definition) is 4. The summed E-state index contributed by atoms with van der Waals surface area (Å²) in [5, 5.41) is 7.18. The van der Waals surface area contributed by atoms with Crippen LogP contribution in [0.2, 0.25) is 0 Å². The lowest BCUT2D eigenvalue weighted by atomic mass is 10.4. The molecule has 0 aliphatic carbocycles. The summed E-state index contributed by atoms with van der Waals surface area (Å²) in [6.45, 7) is 3.78. The zero-order valence-corrected chi connectivity index (χ0v) is 8.59. The Morgan fingerprint density at radius 3 is 3.13 bits per heavy atom. The van der Waals surface area contributed by atoms with Gasteiger partial charge in [-0.1, -0.05) is 0 Å². The molecule has 1 aliphatic rings. The summed E-state index contributed by atoms with van der Waals surface area (Å²) in [5.74, 6) is 0.115. The van der Waals surface area contributed by atoms with Crippen LogP contribution in [0.25, 0.3) is 0 Å². The molecule has 0 bridgehead atoms. The Morgan fingerprint density at radius 1 is 1.40 bits per heavy atom. The van der Waals surface area contributed by atoms with Gasteiger partial charge >= 0.3 is 0 Å². The summed E-state index contributed by atoms with van der Waals surface area (Å²) in [4.78, 5) is 17.5. The third-order valence-electron chi connectivity index (χ3n) is 2.46. The topological polar surface area (TPSA) is 63.1 Å². The van der Waals surface area contributed by atoms with Crippen molar-refractivity contribution in [3.63, 3.8) is 0 Å². The fourth-order valence-electron chi connectivity index (χ4n) is 1.65. The lowest BCUT2D eigenvalue weighted by molar-refractivity contribution is -0.131. The highest BCUT2D eigenvalue weighted by atomic mass is 16.2. The number of nitrogens with zero attached hydrogens (tertiary/aromatic N) is 4. The summed E-state index contributed by atoms with van der Waals surface area (Å²) in [5.41, 5.74) is 0. The molecule has 0 radical (unpaired) electrons. The van der Waals surface area contributed by atoms with Crippen LogP contribution in [0.15, 0.2) is 12.7 Å². The van der Waals surface area contributed by atoms with Crippen molar-refractivity contribution in [3.05, 3.63) is 12.7 Å². The second kappa shape index (κ2) is 4.88. The van der Waals surface area contributed by atoms with Crippen LogP contribution < -0.4 is 5.32 Å². The van der Waals surface area contributed by atoms with E-state index in [0.29, 0.717) is 6.54 Å². The van der Waals surface area contributed by atoms with Crippen molar-refractivity contribution in [1.29, 1.82) is 0 Å². The van der Waals surface area contributed by atoms with Crippen molar-refractivity contribution in [1.82, 2.24) is 25.0 Å². The Labute approximate surface area is 88.3 Å². The molecule has 0 aromatic carbocycles. The molecule has 0 atom stereocenters. The number of nitrogens with one attached hydrogen (secondary N) is 1. The molecule has 2 rings (SSSR count). The van der Waals surface area contributed by atoms with Gasteiger partial charge in [0.05, 0.1) is 0 Å². The number of aromatic nitrogens is 3. The fraction of sp³-hybridized carbons (Fsp3) is 0.667. The van der Waals surface area contributed by atoms with Crippen molar-refractivity contribution in [3.8, 4) is 0 Å². The first-order chi connectivity index (χ1) is 7.36. The first-order valence-corrected chi connectivity index (χ1v) is 5.17. The Balaban J connectivity index is 1.89. The van der Waals surface area contributed by atoms with Crippen LogP contribution in [-0.4, -0.2) is 51.8 Å². The SMILES string of the molecule is O=C(Cn1cncn1)N1CCCNCC1. The third-order valence-corrected chi connectivity index (χ3v) is 2.46. The standard InChI is InChI=1S/C9H15N5O/c15-9(6-14-8-11-7-12-14)13-4-1-2-10-3-5-13/h7-8,10H,1-6H2. The van der Waals surface area contributed by atoms with E-state index in [4.69, 9.17) is 0 Å². The minimum Gasteiger partial charge on any atom is -0.340 e. The second-order valence-electron chi connectivity index (χ2n) is 3.58. The molecule has 1 fully saturated rings. The van der Waals surface area contributed by atoms with Crippen LogP contribution in [-0.2, 0) is 11.3 Å². The fourth-order valence-corrected chi connectivity index (χ4v) is 1.65. The van der Waals surface area contributed by atoms with Gasteiger partial charge in [0.1, 0.15) is 19.2 Å². The molecule has 1 N–H and O–H groups in total. The second-order valence-corrected chi connectivity index (χ2v) is 3.58. The molecule has 1 aliphatic heterocycles.